The van der Waals surface area contributed by atoms with Crippen molar-refractivity contribution in [1.29, 1.82) is 0 Å². The first-order valence-corrected chi connectivity index (χ1v) is 6.47. The van der Waals surface area contributed by atoms with Crippen LogP contribution in [0.2, 0.25) is 0 Å². The zero-order chi connectivity index (χ0) is 11.2. The molecule has 0 saturated carbocycles. The molecule has 2 aliphatic heterocycles. The number of nitrogens with one attached hydrogen (secondary N) is 2. The van der Waals surface area contributed by atoms with Gasteiger partial charge < -0.3 is 20.1 Å². The summed E-state index contributed by atoms with van der Waals surface area (Å²) in [4.78, 5) is 0. The van der Waals surface area contributed by atoms with E-state index in [1.165, 1.54) is 6.42 Å². The van der Waals surface area contributed by atoms with Gasteiger partial charge in [0.1, 0.15) is 0 Å². The minimum absolute atomic E-state index is 0.524. The molecule has 2 aliphatic rings. The quantitative estimate of drug-likeness (QED) is 0.714. The summed E-state index contributed by atoms with van der Waals surface area (Å²) in [6.07, 6.45) is 2.36. The number of rotatable bonds is 5. The Bertz CT molecular complexity index is 189. The summed E-state index contributed by atoms with van der Waals surface area (Å²) >= 11 is 0. The second-order valence-corrected chi connectivity index (χ2v) is 5.00. The van der Waals surface area contributed by atoms with E-state index in [1.807, 2.05) is 0 Å². The Kier molecular flexibility index (Phi) is 5.03. The van der Waals surface area contributed by atoms with Crippen molar-refractivity contribution in [1.82, 2.24) is 10.6 Å². The Hall–Kier alpha value is -0.160. The standard InChI is InChI=1S/C12H24N2O2/c1-10(6-12-9-16-5-3-13-12)14-7-11-2-4-15-8-11/h10-14H,2-9H2,1H3. The molecule has 4 nitrogen and oxygen atoms in total. The first-order valence-electron chi connectivity index (χ1n) is 6.47. The molecule has 94 valence electrons. The minimum Gasteiger partial charge on any atom is -0.381 e. The van der Waals surface area contributed by atoms with Gasteiger partial charge in [0.05, 0.1) is 19.8 Å². The fourth-order valence-corrected chi connectivity index (χ4v) is 2.39. The van der Waals surface area contributed by atoms with Gasteiger partial charge in [-0.15, -0.1) is 0 Å². The SMILES string of the molecule is CC(CC1COCCN1)NCC1CCOC1. The van der Waals surface area contributed by atoms with E-state index in [-0.39, 0.29) is 0 Å². The van der Waals surface area contributed by atoms with E-state index in [2.05, 4.69) is 17.6 Å². The summed E-state index contributed by atoms with van der Waals surface area (Å²) in [5.74, 6) is 0.720. The summed E-state index contributed by atoms with van der Waals surface area (Å²) in [6.45, 7) is 7.94. The van der Waals surface area contributed by atoms with Crippen molar-refractivity contribution in [3.63, 3.8) is 0 Å². The van der Waals surface area contributed by atoms with Gasteiger partial charge in [-0.05, 0) is 25.7 Å². The van der Waals surface area contributed by atoms with E-state index in [4.69, 9.17) is 9.47 Å². The van der Waals surface area contributed by atoms with Gasteiger partial charge in [0, 0.05) is 31.8 Å². The van der Waals surface area contributed by atoms with E-state index < -0.39 is 0 Å². The Morgan fingerprint density at radius 1 is 1.31 bits per heavy atom. The van der Waals surface area contributed by atoms with Gasteiger partial charge in [0.2, 0.25) is 0 Å². The topological polar surface area (TPSA) is 42.5 Å². The molecule has 3 atom stereocenters. The lowest BCUT2D eigenvalue weighted by Gasteiger charge is -2.27. The molecule has 0 spiro atoms. The van der Waals surface area contributed by atoms with E-state index >= 15 is 0 Å². The largest absolute Gasteiger partial charge is 0.381 e. The molecule has 2 fully saturated rings. The fourth-order valence-electron chi connectivity index (χ4n) is 2.39. The predicted octanol–water partition coefficient (Wildman–Crippen LogP) is 0.380. The maximum Gasteiger partial charge on any atom is 0.0620 e. The van der Waals surface area contributed by atoms with Crippen molar-refractivity contribution in [3.8, 4) is 0 Å². The van der Waals surface area contributed by atoms with Crippen LogP contribution in [0.3, 0.4) is 0 Å². The van der Waals surface area contributed by atoms with Gasteiger partial charge >= 0.3 is 0 Å². The van der Waals surface area contributed by atoms with Gasteiger partial charge in [0.15, 0.2) is 0 Å². The molecular formula is C12H24N2O2. The molecule has 0 aromatic rings. The Morgan fingerprint density at radius 3 is 2.88 bits per heavy atom. The van der Waals surface area contributed by atoms with Crippen molar-refractivity contribution in [2.45, 2.75) is 31.8 Å². The van der Waals surface area contributed by atoms with Crippen LogP contribution in [-0.4, -0.2) is 51.6 Å². The molecule has 0 amide bonds. The van der Waals surface area contributed by atoms with Gasteiger partial charge in [-0.25, -0.2) is 0 Å². The van der Waals surface area contributed by atoms with Crippen molar-refractivity contribution < 1.29 is 9.47 Å². The minimum atomic E-state index is 0.524. The molecule has 16 heavy (non-hydrogen) atoms. The van der Waals surface area contributed by atoms with Crippen LogP contribution in [0.25, 0.3) is 0 Å². The molecular weight excluding hydrogens is 204 g/mol. The van der Waals surface area contributed by atoms with Gasteiger partial charge in [-0.1, -0.05) is 0 Å². The molecule has 4 heteroatoms. The second-order valence-electron chi connectivity index (χ2n) is 5.00. The smallest absolute Gasteiger partial charge is 0.0620 e. The van der Waals surface area contributed by atoms with Crippen molar-refractivity contribution in [2.75, 3.05) is 39.5 Å². The first-order chi connectivity index (χ1) is 7.84. The van der Waals surface area contributed by atoms with Crippen molar-refractivity contribution >= 4 is 0 Å². The summed E-state index contributed by atoms with van der Waals surface area (Å²) in [6, 6.07) is 1.08. The second kappa shape index (κ2) is 6.55. The van der Waals surface area contributed by atoms with E-state index in [0.717, 1.165) is 51.9 Å². The summed E-state index contributed by atoms with van der Waals surface area (Å²) < 4.78 is 10.8. The van der Waals surface area contributed by atoms with Crippen LogP contribution in [0.1, 0.15) is 19.8 Å². The van der Waals surface area contributed by atoms with Crippen LogP contribution in [0.5, 0.6) is 0 Å². The normalized spacial score (nSPS) is 32.8. The zero-order valence-electron chi connectivity index (χ0n) is 10.2. The van der Waals surface area contributed by atoms with Crippen molar-refractivity contribution in [2.24, 2.45) is 5.92 Å². The lowest BCUT2D eigenvalue weighted by atomic mass is 10.1. The Balaban J connectivity index is 1.57. The predicted molar refractivity (Wildman–Crippen MR) is 63.6 cm³/mol. The molecule has 2 rings (SSSR count). The molecule has 0 bridgehead atoms. The molecule has 2 N–H and O–H groups in total. The van der Waals surface area contributed by atoms with Crippen LogP contribution >= 0.6 is 0 Å². The third-order valence-corrected chi connectivity index (χ3v) is 3.42. The number of hydrogen-bond donors (Lipinski definition) is 2. The highest BCUT2D eigenvalue weighted by Crippen LogP contribution is 2.11. The van der Waals surface area contributed by atoms with Crippen LogP contribution in [0, 0.1) is 5.92 Å². The van der Waals surface area contributed by atoms with Crippen LogP contribution < -0.4 is 10.6 Å². The van der Waals surface area contributed by atoms with Crippen LogP contribution in [-0.2, 0) is 9.47 Å². The lowest BCUT2D eigenvalue weighted by molar-refractivity contribution is 0.0710. The number of ether oxygens (including phenoxy) is 2. The monoisotopic (exact) mass is 228 g/mol. The average Bonchev–Trinajstić information content (AvgIpc) is 2.81. The van der Waals surface area contributed by atoms with E-state index in [9.17, 15) is 0 Å². The highest BCUT2D eigenvalue weighted by molar-refractivity contribution is 4.77. The zero-order valence-corrected chi connectivity index (χ0v) is 10.2. The Morgan fingerprint density at radius 2 is 2.19 bits per heavy atom. The lowest BCUT2D eigenvalue weighted by Crippen LogP contribution is -2.45. The molecule has 0 aliphatic carbocycles. The highest BCUT2D eigenvalue weighted by Gasteiger charge is 2.19. The molecule has 2 heterocycles. The molecule has 0 aromatic carbocycles. The molecule has 3 unspecified atom stereocenters. The van der Waals surface area contributed by atoms with Gasteiger partial charge in [-0.3, -0.25) is 0 Å². The van der Waals surface area contributed by atoms with E-state index in [0.29, 0.717) is 12.1 Å². The number of morpholine rings is 1. The van der Waals surface area contributed by atoms with Crippen molar-refractivity contribution in [3.05, 3.63) is 0 Å². The maximum absolute atomic E-state index is 5.45. The molecule has 2 saturated heterocycles. The molecule has 0 aromatic heterocycles. The summed E-state index contributed by atoms with van der Waals surface area (Å²) in [5, 5.41) is 7.08. The highest BCUT2D eigenvalue weighted by atomic mass is 16.5. The molecule has 0 radical (unpaired) electrons. The average molecular weight is 228 g/mol. The summed E-state index contributed by atoms with van der Waals surface area (Å²) in [7, 11) is 0. The Labute approximate surface area is 98.1 Å². The van der Waals surface area contributed by atoms with Crippen LogP contribution in [0.15, 0.2) is 0 Å². The number of hydrogen-bond acceptors (Lipinski definition) is 4. The third-order valence-electron chi connectivity index (χ3n) is 3.42. The van der Waals surface area contributed by atoms with Crippen LogP contribution in [0.4, 0.5) is 0 Å². The van der Waals surface area contributed by atoms with Gasteiger partial charge in [-0.2, -0.15) is 0 Å². The summed E-state index contributed by atoms with van der Waals surface area (Å²) in [5.41, 5.74) is 0. The third kappa shape index (κ3) is 4.01. The van der Waals surface area contributed by atoms with Gasteiger partial charge in [0.25, 0.3) is 0 Å². The van der Waals surface area contributed by atoms with E-state index in [1.54, 1.807) is 0 Å². The first kappa shape index (κ1) is 12.3. The fraction of sp³-hybridized carbons (Fsp3) is 1.00. The maximum atomic E-state index is 5.45.